The van der Waals surface area contributed by atoms with Crippen molar-refractivity contribution in [3.63, 3.8) is 0 Å². The van der Waals surface area contributed by atoms with Gasteiger partial charge in [-0.3, -0.25) is 4.79 Å². The van der Waals surface area contributed by atoms with Crippen molar-refractivity contribution in [1.82, 2.24) is 4.57 Å². The van der Waals surface area contributed by atoms with E-state index in [9.17, 15) is 9.18 Å². The van der Waals surface area contributed by atoms with E-state index >= 15 is 0 Å². The van der Waals surface area contributed by atoms with Crippen LogP contribution in [0.15, 0.2) is 23.0 Å². The van der Waals surface area contributed by atoms with E-state index in [0.717, 1.165) is 6.42 Å². The summed E-state index contributed by atoms with van der Waals surface area (Å²) in [4.78, 5) is 11.5. The van der Waals surface area contributed by atoms with Gasteiger partial charge in [-0.15, -0.1) is 6.07 Å². The van der Waals surface area contributed by atoms with Crippen molar-refractivity contribution < 1.29 is 21.5 Å². The first-order chi connectivity index (χ1) is 7.13. The first kappa shape index (κ1) is 12.9. The molecule has 3 nitrogen and oxygen atoms in total. The zero-order chi connectivity index (χ0) is 11.0. The molecule has 88 valence electrons. The summed E-state index contributed by atoms with van der Waals surface area (Å²) < 4.78 is 15.1. The normalized spacial score (nSPS) is 10.4. The van der Waals surface area contributed by atoms with Crippen molar-refractivity contribution >= 4 is 16.6 Å². The number of fused-ring (bicyclic) bond motifs is 1. The van der Waals surface area contributed by atoms with Gasteiger partial charge in [-0.2, -0.15) is 5.39 Å². The Kier molecular flexibility index (Phi) is 3.83. The average Bonchev–Trinajstić information content (AvgIpc) is 2.43. The molecule has 0 unspecified atom stereocenters. The Labute approximate surface area is 103 Å². The molecule has 0 amide bonds. The van der Waals surface area contributed by atoms with Crippen LogP contribution in [0.2, 0.25) is 0 Å². The van der Waals surface area contributed by atoms with Crippen molar-refractivity contribution in [2.75, 3.05) is 5.73 Å². The van der Waals surface area contributed by atoms with Gasteiger partial charge in [0.15, 0.2) is 5.56 Å². The summed E-state index contributed by atoms with van der Waals surface area (Å²) >= 11 is 0. The molecular formula is C11H12FFeN2O-. The molecule has 2 rings (SSSR count). The Bertz CT molecular complexity index is 559. The minimum atomic E-state index is -0.430. The first-order valence-electron chi connectivity index (χ1n) is 4.88. The molecule has 0 aliphatic rings. The average molecular weight is 263 g/mol. The van der Waals surface area contributed by atoms with Crippen LogP contribution in [-0.2, 0) is 23.6 Å². The number of hydrogen-bond donors (Lipinski definition) is 1. The van der Waals surface area contributed by atoms with E-state index in [1.165, 1.54) is 16.7 Å². The van der Waals surface area contributed by atoms with Gasteiger partial charge in [0, 0.05) is 23.6 Å². The zero-order valence-electron chi connectivity index (χ0n) is 8.81. The summed E-state index contributed by atoms with van der Waals surface area (Å²) in [5, 5.41) is 0.575. The van der Waals surface area contributed by atoms with Crippen LogP contribution >= 0.6 is 0 Å². The Morgan fingerprint density at radius 3 is 2.81 bits per heavy atom. The molecule has 0 aliphatic heterocycles. The van der Waals surface area contributed by atoms with E-state index < -0.39 is 5.82 Å². The number of aromatic nitrogens is 1. The molecule has 0 bridgehead atoms. The molecule has 1 aromatic heterocycles. The predicted octanol–water partition coefficient (Wildman–Crippen LogP) is 1.85. The van der Waals surface area contributed by atoms with E-state index in [0.29, 0.717) is 23.1 Å². The maximum Gasteiger partial charge on any atom is 0.185 e. The van der Waals surface area contributed by atoms with Crippen LogP contribution in [0, 0.1) is 5.82 Å². The number of rotatable bonds is 2. The Balaban J connectivity index is 0.00000128. The third kappa shape index (κ3) is 2.01. The van der Waals surface area contributed by atoms with Gasteiger partial charge in [-0.1, -0.05) is 13.0 Å². The second-order valence-electron chi connectivity index (χ2n) is 3.57. The fraction of sp³-hybridized carbons (Fsp3) is 0.273. The van der Waals surface area contributed by atoms with E-state index in [2.05, 4.69) is 0 Å². The summed E-state index contributed by atoms with van der Waals surface area (Å²) in [6.45, 7) is 2.48. The van der Waals surface area contributed by atoms with Crippen LogP contribution in [0.4, 0.5) is 10.1 Å². The van der Waals surface area contributed by atoms with Gasteiger partial charge in [0.05, 0.1) is 5.82 Å². The van der Waals surface area contributed by atoms with Gasteiger partial charge in [0.25, 0.3) is 0 Å². The second-order valence-corrected chi connectivity index (χ2v) is 3.57. The van der Waals surface area contributed by atoms with Crippen LogP contribution in [-0.4, -0.2) is 4.57 Å². The van der Waals surface area contributed by atoms with E-state index in [-0.39, 0.29) is 22.6 Å². The summed E-state index contributed by atoms with van der Waals surface area (Å²) in [5.74, 6) is -0.430. The van der Waals surface area contributed by atoms with Gasteiger partial charge < -0.3 is 10.3 Å². The molecule has 0 radical (unpaired) electrons. The molecule has 0 saturated carbocycles. The SMILES string of the molecule is CCCn1c(=O)[cH-]c2cc(N)cc(F)c21.[Fe]. The number of nitrogens with zero attached hydrogens (tertiary/aromatic N) is 1. The van der Waals surface area contributed by atoms with Gasteiger partial charge in [-0.05, 0) is 23.7 Å². The second kappa shape index (κ2) is 4.76. The number of nitrogens with two attached hydrogens (primary N) is 1. The maximum atomic E-state index is 13.6. The van der Waals surface area contributed by atoms with Crippen molar-refractivity contribution in [3.05, 3.63) is 34.4 Å². The zero-order valence-corrected chi connectivity index (χ0v) is 9.91. The number of nitrogen functional groups attached to an aromatic ring is 1. The Hall–Kier alpha value is -1.19. The first-order valence-corrected chi connectivity index (χ1v) is 4.88. The van der Waals surface area contributed by atoms with E-state index in [4.69, 9.17) is 5.73 Å². The number of anilines is 1. The van der Waals surface area contributed by atoms with Gasteiger partial charge >= 0.3 is 0 Å². The van der Waals surface area contributed by atoms with Crippen LogP contribution in [0.1, 0.15) is 13.3 Å². The molecule has 1 heterocycles. The fourth-order valence-corrected chi connectivity index (χ4v) is 1.80. The molecule has 16 heavy (non-hydrogen) atoms. The number of aryl methyl sites for hydroxylation is 1. The molecule has 0 atom stereocenters. The smallest absolute Gasteiger partial charge is 0.185 e. The monoisotopic (exact) mass is 263 g/mol. The summed E-state index contributed by atoms with van der Waals surface area (Å²) in [6.07, 6.45) is 0.794. The fourth-order valence-electron chi connectivity index (χ4n) is 1.80. The summed E-state index contributed by atoms with van der Waals surface area (Å²) in [5.41, 5.74) is 6.04. The van der Waals surface area contributed by atoms with Crippen molar-refractivity contribution in [2.24, 2.45) is 0 Å². The number of hydrogen-bond acceptors (Lipinski definition) is 2. The number of halogens is 1. The van der Waals surface area contributed by atoms with Gasteiger partial charge in [0.2, 0.25) is 0 Å². The van der Waals surface area contributed by atoms with Crippen LogP contribution in [0.5, 0.6) is 0 Å². The third-order valence-corrected chi connectivity index (χ3v) is 2.38. The van der Waals surface area contributed by atoms with Crippen molar-refractivity contribution in [1.29, 1.82) is 0 Å². The van der Waals surface area contributed by atoms with Crippen molar-refractivity contribution in [2.45, 2.75) is 19.9 Å². The summed E-state index contributed by atoms with van der Waals surface area (Å²) in [6, 6.07) is 4.28. The Morgan fingerprint density at radius 2 is 2.19 bits per heavy atom. The van der Waals surface area contributed by atoms with Crippen LogP contribution in [0.25, 0.3) is 10.9 Å². The quantitative estimate of drug-likeness (QED) is 0.510. The van der Waals surface area contributed by atoms with Crippen molar-refractivity contribution in [3.8, 4) is 0 Å². The molecule has 2 aromatic rings. The summed E-state index contributed by atoms with van der Waals surface area (Å²) in [7, 11) is 0. The van der Waals surface area contributed by atoms with Crippen LogP contribution in [0.3, 0.4) is 0 Å². The van der Waals surface area contributed by atoms with Crippen LogP contribution < -0.4 is 11.3 Å². The molecule has 0 aliphatic carbocycles. The topological polar surface area (TPSA) is 48.0 Å². The molecule has 0 saturated heterocycles. The number of benzene rings is 1. The van der Waals surface area contributed by atoms with E-state index in [1.807, 2.05) is 6.92 Å². The van der Waals surface area contributed by atoms with E-state index in [1.54, 1.807) is 6.07 Å². The minimum Gasteiger partial charge on any atom is -0.409 e. The molecule has 0 fully saturated rings. The van der Waals surface area contributed by atoms with Gasteiger partial charge in [-0.25, -0.2) is 4.39 Å². The standard InChI is InChI=1S/C11H12FN2O.Fe/c1-2-3-14-10(15)5-7-4-8(13)6-9(12)11(7)14;/h4-6H,2-3,13H2,1H3;/q-1;. The molecule has 5 heteroatoms. The molecule has 0 spiro atoms. The minimum absolute atomic E-state index is 0. The molecular weight excluding hydrogens is 251 g/mol. The molecule has 2 N–H and O–H groups in total. The third-order valence-electron chi connectivity index (χ3n) is 2.38. The largest absolute Gasteiger partial charge is 0.409 e. The van der Waals surface area contributed by atoms with Gasteiger partial charge in [0.1, 0.15) is 0 Å². The maximum absolute atomic E-state index is 13.6. The Morgan fingerprint density at radius 1 is 1.50 bits per heavy atom. The predicted molar refractivity (Wildman–Crippen MR) is 58.5 cm³/mol. The molecule has 1 aromatic carbocycles.